The number of aliphatic hydroxyl groups is 1. The summed E-state index contributed by atoms with van der Waals surface area (Å²) < 4.78 is 0.817. The molecule has 0 bridgehead atoms. The third kappa shape index (κ3) is 3.03. The highest BCUT2D eigenvalue weighted by Gasteiger charge is 2.28. The Kier molecular flexibility index (Phi) is 4.27. The molecule has 0 saturated carbocycles. The molecule has 7 heteroatoms. The number of rotatable bonds is 4. The molecule has 0 atom stereocenters. The Morgan fingerprint density at radius 2 is 2.06 bits per heavy atom. The van der Waals surface area contributed by atoms with E-state index in [1.165, 1.54) is 11.0 Å². The van der Waals surface area contributed by atoms with Crippen LogP contribution in [0.25, 0.3) is 0 Å². The van der Waals surface area contributed by atoms with E-state index >= 15 is 0 Å². The predicted octanol–water partition coefficient (Wildman–Crippen LogP) is 2.22. The van der Waals surface area contributed by atoms with Gasteiger partial charge in [0, 0.05) is 31.5 Å². The van der Waals surface area contributed by atoms with Crippen LogP contribution in [0.1, 0.15) is 23.2 Å². The van der Waals surface area contributed by atoms with Gasteiger partial charge in [-0.05, 0) is 6.07 Å². The number of carbonyl (C=O) groups excluding carboxylic acids is 2. The number of ketones is 1. The first-order chi connectivity index (χ1) is 8.47. The van der Waals surface area contributed by atoms with Crippen molar-refractivity contribution in [1.29, 1.82) is 0 Å². The number of amides is 1. The molecule has 2 heterocycles. The van der Waals surface area contributed by atoms with Gasteiger partial charge in [-0.2, -0.15) is 0 Å². The molecule has 1 aromatic rings. The second kappa shape index (κ2) is 5.57. The number of aliphatic hydroxyl groups excluding tert-OH is 1. The minimum absolute atomic E-state index is 0.109. The lowest BCUT2D eigenvalue weighted by molar-refractivity contribution is -0.141. The molecule has 0 aromatic carbocycles. The number of carbonyl (C=O) groups is 2. The van der Waals surface area contributed by atoms with Gasteiger partial charge < -0.3 is 10.0 Å². The lowest BCUT2D eigenvalue weighted by Crippen LogP contribution is -2.53. The van der Waals surface area contributed by atoms with Crippen LogP contribution in [0.5, 0.6) is 0 Å². The van der Waals surface area contributed by atoms with Crippen molar-refractivity contribution in [2.24, 2.45) is 0 Å². The second-order valence-corrected chi connectivity index (χ2v) is 6.40. The summed E-state index contributed by atoms with van der Waals surface area (Å²) in [6, 6.07) is 1.52. The highest BCUT2D eigenvalue weighted by atomic mass is 35.5. The molecule has 4 nitrogen and oxygen atoms in total. The standard InChI is InChI=1S/C11H11Cl2NO3S/c12-9-3-7(11(13)18-9)8(16)1-2-10(17)14-4-6(15)5-14/h3,6,15H,1-2,4-5H2. The molecule has 0 unspecified atom stereocenters. The molecule has 1 aliphatic rings. The molecular weight excluding hydrogens is 297 g/mol. The SMILES string of the molecule is O=C(CCC(=O)N1CC(O)C1)c1cc(Cl)sc1Cl. The molecule has 0 radical (unpaired) electrons. The molecule has 1 saturated heterocycles. The van der Waals surface area contributed by atoms with Crippen molar-refractivity contribution < 1.29 is 14.7 Å². The third-order valence-electron chi connectivity index (χ3n) is 2.74. The predicted molar refractivity (Wildman–Crippen MR) is 70.5 cm³/mol. The van der Waals surface area contributed by atoms with Gasteiger partial charge in [-0.3, -0.25) is 9.59 Å². The quantitative estimate of drug-likeness (QED) is 0.868. The minimum atomic E-state index is -0.422. The van der Waals surface area contributed by atoms with Gasteiger partial charge >= 0.3 is 0 Å². The normalized spacial score (nSPS) is 15.6. The Morgan fingerprint density at radius 1 is 1.39 bits per heavy atom. The van der Waals surface area contributed by atoms with Gasteiger partial charge in [0.25, 0.3) is 0 Å². The maximum absolute atomic E-state index is 11.8. The van der Waals surface area contributed by atoms with Crippen LogP contribution in [-0.2, 0) is 4.79 Å². The maximum Gasteiger partial charge on any atom is 0.223 e. The molecule has 0 spiro atoms. The van der Waals surface area contributed by atoms with E-state index in [0.717, 1.165) is 11.3 Å². The third-order valence-corrected chi connectivity index (χ3v) is 4.23. The van der Waals surface area contributed by atoms with Crippen LogP contribution >= 0.6 is 34.5 Å². The van der Waals surface area contributed by atoms with Crippen LogP contribution in [0.4, 0.5) is 0 Å². The van der Waals surface area contributed by atoms with Gasteiger partial charge in [0.2, 0.25) is 5.91 Å². The number of hydrogen-bond donors (Lipinski definition) is 1. The summed E-state index contributed by atoms with van der Waals surface area (Å²) >= 11 is 12.7. The lowest BCUT2D eigenvalue weighted by Gasteiger charge is -2.35. The fraction of sp³-hybridized carbons (Fsp3) is 0.455. The summed E-state index contributed by atoms with van der Waals surface area (Å²) in [5, 5.41) is 9.07. The van der Waals surface area contributed by atoms with Crippen LogP contribution in [0.2, 0.25) is 8.67 Å². The number of Topliss-reactive ketones (excluding diaryl/α,β-unsaturated/α-hetero) is 1. The average Bonchev–Trinajstić information content (AvgIpc) is 2.60. The monoisotopic (exact) mass is 307 g/mol. The Bertz CT molecular complexity index is 483. The highest BCUT2D eigenvalue weighted by molar-refractivity contribution is 7.20. The molecule has 1 aromatic heterocycles. The second-order valence-electron chi connectivity index (χ2n) is 4.11. The fourth-order valence-electron chi connectivity index (χ4n) is 1.70. The van der Waals surface area contributed by atoms with E-state index < -0.39 is 6.10 Å². The van der Waals surface area contributed by atoms with Crippen molar-refractivity contribution in [3.05, 3.63) is 20.3 Å². The molecule has 0 aliphatic carbocycles. The van der Waals surface area contributed by atoms with Crippen molar-refractivity contribution in [2.45, 2.75) is 18.9 Å². The number of halogens is 2. The summed E-state index contributed by atoms with van der Waals surface area (Å²) in [6.07, 6.45) is -0.178. The molecule has 98 valence electrons. The zero-order chi connectivity index (χ0) is 13.3. The first-order valence-electron chi connectivity index (χ1n) is 5.41. The van der Waals surface area contributed by atoms with Gasteiger partial charge in [-0.15, -0.1) is 11.3 Å². The summed E-state index contributed by atoms with van der Waals surface area (Å²) in [4.78, 5) is 25.0. The van der Waals surface area contributed by atoms with E-state index in [4.69, 9.17) is 28.3 Å². The Balaban J connectivity index is 1.85. The van der Waals surface area contributed by atoms with E-state index in [2.05, 4.69) is 0 Å². The van der Waals surface area contributed by atoms with Crippen LogP contribution in [0, 0.1) is 0 Å². The zero-order valence-electron chi connectivity index (χ0n) is 9.36. The van der Waals surface area contributed by atoms with Gasteiger partial charge in [-0.25, -0.2) is 0 Å². The first-order valence-corrected chi connectivity index (χ1v) is 6.98. The summed E-state index contributed by atoms with van der Waals surface area (Å²) in [5.41, 5.74) is 0.378. The molecule has 1 amide bonds. The Labute approximate surface area is 118 Å². The topological polar surface area (TPSA) is 57.6 Å². The van der Waals surface area contributed by atoms with E-state index in [1.807, 2.05) is 0 Å². The van der Waals surface area contributed by atoms with Crippen molar-refractivity contribution in [1.82, 2.24) is 4.90 Å². The molecule has 2 rings (SSSR count). The maximum atomic E-state index is 11.8. The van der Waals surface area contributed by atoms with Crippen LogP contribution in [0.15, 0.2) is 6.07 Å². The van der Waals surface area contributed by atoms with Gasteiger partial charge in [0.1, 0.15) is 4.34 Å². The van der Waals surface area contributed by atoms with E-state index in [-0.39, 0.29) is 24.5 Å². The van der Waals surface area contributed by atoms with E-state index in [9.17, 15) is 9.59 Å². The zero-order valence-corrected chi connectivity index (χ0v) is 11.7. The summed E-state index contributed by atoms with van der Waals surface area (Å²) in [5.74, 6) is -0.302. The van der Waals surface area contributed by atoms with Crippen LogP contribution in [0.3, 0.4) is 0 Å². The van der Waals surface area contributed by atoms with E-state index in [1.54, 1.807) is 0 Å². The lowest BCUT2D eigenvalue weighted by atomic mass is 10.1. The number of likely N-dealkylation sites (tertiary alicyclic amines) is 1. The van der Waals surface area contributed by atoms with Gasteiger partial charge in [0.15, 0.2) is 5.78 Å². The van der Waals surface area contributed by atoms with Gasteiger partial charge in [-0.1, -0.05) is 23.2 Å². The first kappa shape index (κ1) is 13.8. The van der Waals surface area contributed by atoms with E-state index in [0.29, 0.717) is 27.3 Å². The molecule has 1 N–H and O–H groups in total. The van der Waals surface area contributed by atoms with Crippen molar-refractivity contribution in [3.8, 4) is 0 Å². The minimum Gasteiger partial charge on any atom is -0.389 e. The number of thiophene rings is 1. The number of β-amino-alcohol motifs (C(OH)–C–C–N with tert-alkyl or cyclic N) is 1. The molecule has 1 fully saturated rings. The van der Waals surface area contributed by atoms with Crippen molar-refractivity contribution >= 4 is 46.2 Å². The summed E-state index contributed by atoms with van der Waals surface area (Å²) in [7, 11) is 0. The Hall–Kier alpha value is -0.620. The fourth-order valence-corrected chi connectivity index (χ4v) is 3.20. The molecule has 18 heavy (non-hydrogen) atoms. The number of nitrogens with zero attached hydrogens (tertiary/aromatic N) is 1. The average molecular weight is 308 g/mol. The van der Waals surface area contributed by atoms with Crippen molar-refractivity contribution in [3.63, 3.8) is 0 Å². The molecular formula is C11H11Cl2NO3S. The van der Waals surface area contributed by atoms with Gasteiger partial charge in [0.05, 0.1) is 10.4 Å². The van der Waals surface area contributed by atoms with Crippen molar-refractivity contribution in [2.75, 3.05) is 13.1 Å². The van der Waals surface area contributed by atoms with Crippen LogP contribution < -0.4 is 0 Å². The largest absolute Gasteiger partial charge is 0.389 e. The summed E-state index contributed by atoms with van der Waals surface area (Å²) in [6.45, 7) is 0.718. The molecule has 1 aliphatic heterocycles. The highest BCUT2D eigenvalue weighted by Crippen LogP contribution is 2.32. The van der Waals surface area contributed by atoms with Crippen LogP contribution in [-0.4, -0.2) is 40.9 Å². The number of hydrogen-bond acceptors (Lipinski definition) is 4. The smallest absolute Gasteiger partial charge is 0.223 e. The Morgan fingerprint density at radius 3 is 2.56 bits per heavy atom.